The van der Waals surface area contributed by atoms with Crippen molar-refractivity contribution in [3.63, 3.8) is 0 Å². The Morgan fingerprint density at radius 2 is 2.50 bits per heavy atom. The Morgan fingerprint density at radius 1 is 1.90 bits per heavy atom. The summed E-state index contributed by atoms with van der Waals surface area (Å²) in [6, 6.07) is 0. The summed E-state index contributed by atoms with van der Waals surface area (Å²) in [6.45, 7) is 8.03. The van der Waals surface area contributed by atoms with Crippen molar-refractivity contribution in [1.29, 1.82) is 0 Å². The molecule has 0 spiro atoms. The van der Waals surface area contributed by atoms with E-state index in [4.69, 9.17) is 0 Å². The van der Waals surface area contributed by atoms with Crippen molar-refractivity contribution in [2.45, 2.75) is 26.7 Å². The first-order chi connectivity index (χ1) is 4.74. The molecule has 0 N–H and O–H groups in total. The van der Waals surface area contributed by atoms with E-state index in [0.717, 1.165) is 12.3 Å². The molecule has 0 bridgehead atoms. The van der Waals surface area contributed by atoms with Gasteiger partial charge in [-0.15, -0.1) is 12.3 Å². The van der Waals surface area contributed by atoms with Gasteiger partial charge in [0.05, 0.1) is 0 Å². The lowest BCUT2D eigenvalue weighted by Gasteiger charge is -1.85. The van der Waals surface area contributed by atoms with Gasteiger partial charge < -0.3 is 0 Å². The maximum absolute atomic E-state index is 3.68. The van der Waals surface area contributed by atoms with Crippen LogP contribution in [0.5, 0.6) is 0 Å². The molecule has 0 aromatic carbocycles. The number of rotatable bonds is 2. The monoisotopic (exact) mass is 134 g/mol. The summed E-state index contributed by atoms with van der Waals surface area (Å²) in [5.41, 5.74) is 6.17. The van der Waals surface area contributed by atoms with E-state index < -0.39 is 0 Å². The molecule has 0 nitrogen and oxygen atoms in total. The van der Waals surface area contributed by atoms with Crippen LogP contribution in [0.15, 0.2) is 29.5 Å². The molecule has 0 aliphatic heterocycles. The first-order valence-corrected chi connectivity index (χ1v) is 3.80. The van der Waals surface area contributed by atoms with Crippen LogP contribution in [-0.2, 0) is 0 Å². The van der Waals surface area contributed by atoms with Gasteiger partial charge in [0.2, 0.25) is 0 Å². The molecule has 0 amide bonds. The van der Waals surface area contributed by atoms with E-state index in [9.17, 15) is 0 Å². The quantitative estimate of drug-likeness (QED) is 0.402. The van der Waals surface area contributed by atoms with Crippen LogP contribution in [0.4, 0.5) is 0 Å². The Hall–Kier alpha value is -0.740. The first-order valence-electron chi connectivity index (χ1n) is 3.80. The van der Waals surface area contributed by atoms with E-state index in [1.807, 2.05) is 6.08 Å². The van der Waals surface area contributed by atoms with Crippen molar-refractivity contribution in [3.8, 4) is 0 Å². The van der Waals surface area contributed by atoms with Crippen LogP contribution in [-0.4, -0.2) is 0 Å². The SMILES string of the molecule is C=CCC(C)=C=C1CC1C. The van der Waals surface area contributed by atoms with Gasteiger partial charge in [0, 0.05) is 0 Å². The minimum absolute atomic E-state index is 0.805. The third kappa shape index (κ3) is 1.89. The fourth-order valence-corrected chi connectivity index (χ4v) is 0.987. The second kappa shape index (κ2) is 2.90. The van der Waals surface area contributed by atoms with Gasteiger partial charge in [-0.1, -0.05) is 13.0 Å². The van der Waals surface area contributed by atoms with Gasteiger partial charge in [-0.25, -0.2) is 0 Å². The fraction of sp³-hybridized carbons (Fsp3) is 0.500. The second-order valence-corrected chi connectivity index (χ2v) is 3.03. The zero-order valence-corrected chi connectivity index (χ0v) is 6.78. The molecule has 0 saturated heterocycles. The Balaban J connectivity index is 2.61. The first kappa shape index (κ1) is 7.37. The molecule has 0 aromatic heterocycles. The summed E-state index contributed by atoms with van der Waals surface area (Å²) < 4.78 is 0. The Labute approximate surface area is 62.9 Å². The van der Waals surface area contributed by atoms with Gasteiger partial charge in [0.1, 0.15) is 0 Å². The largest absolute Gasteiger partial charge is 0.122 e. The standard InChI is InChI=1S/C10H14/c1-4-5-8(2)6-10-7-9(10)3/h4,9H,1,5,7H2,2-3H3. The minimum atomic E-state index is 0.805. The summed E-state index contributed by atoms with van der Waals surface area (Å²) in [6.07, 6.45) is 4.17. The minimum Gasteiger partial charge on any atom is -0.122 e. The molecule has 0 radical (unpaired) electrons. The van der Waals surface area contributed by atoms with E-state index in [-0.39, 0.29) is 0 Å². The molecule has 1 fully saturated rings. The van der Waals surface area contributed by atoms with E-state index in [2.05, 4.69) is 26.2 Å². The van der Waals surface area contributed by atoms with Crippen molar-refractivity contribution in [2.24, 2.45) is 5.92 Å². The van der Waals surface area contributed by atoms with Gasteiger partial charge in [-0.3, -0.25) is 0 Å². The molecule has 1 atom stereocenters. The van der Waals surface area contributed by atoms with Crippen LogP contribution in [0.2, 0.25) is 0 Å². The van der Waals surface area contributed by atoms with Crippen LogP contribution in [0, 0.1) is 5.92 Å². The highest BCUT2D eigenvalue weighted by molar-refractivity contribution is 5.23. The molecule has 1 rings (SSSR count). The number of hydrogen-bond donors (Lipinski definition) is 0. The summed E-state index contributed by atoms with van der Waals surface area (Å²) in [4.78, 5) is 0. The Kier molecular flexibility index (Phi) is 2.13. The van der Waals surface area contributed by atoms with Crippen LogP contribution in [0.3, 0.4) is 0 Å². The zero-order valence-electron chi connectivity index (χ0n) is 6.78. The normalized spacial score (nSPS) is 21.8. The topological polar surface area (TPSA) is 0 Å². The van der Waals surface area contributed by atoms with Crippen LogP contribution in [0.25, 0.3) is 0 Å². The van der Waals surface area contributed by atoms with Crippen LogP contribution < -0.4 is 0 Å². The molecule has 0 heterocycles. The molecular weight excluding hydrogens is 120 g/mol. The molecule has 1 aliphatic rings. The van der Waals surface area contributed by atoms with Gasteiger partial charge in [-0.05, 0) is 36.8 Å². The number of allylic oxidation sites excluding steroid dienone is 2. The fourth-order valence-electron chi connectivity index (χ4n) is 0.987. The molecule has 10 heavy (non-hydrogen) atoms. The summed E-state index contributed by atoms with van der Waals surface area (Å²) in [5, 5.41) is 0. The zero-order chi connectivity index (χ0) is 7.56. The summed E-state index contributed by atoms with van der Waals surface area (Å²) >= 11 is 0. The van der Waals surface area contributed by atoms with Crippen molar-refractivity contribution in [3.05, 3.63) is 29.5 Å². The van der Waals surface area contributed by atoms with Crippen LogP contribution >= 0.6 is 0 Å². The predicted octanol–water partition coefficient (Wildman–Crippen LogP) is 3.07. The average molecular weight is 134 g/mol. The predicted molar refractivity (Wildman–Crippen MR) is 44.8 cm³/mol. The van der Waals surface area contributed by atoms with E-state index >= 15 is 0 Å². The molecular formula is C10H14. The van der Waals surface area contributed by atoms with Crippen molar-refractivity contribution in [2.75, 3.05) is 0 Å². The van der Waals surface area contributed by atoms with Crippen molar-refractivity contribution < 1.29 is 0 Å². The highest BCUT2D eigenvalue weighted by Crippen LogP contribution is 2.35. The van der Waals surface area contributed by atoms with Crippen molar-refractivity contribution in [1.82, 2.24) is 0 Å². The number of hydrogen-bond acceptors (Lipinski definition) is 0. The van der Waals surface area contributed by atoms with Gasteiger partial charge in [-0.2, -0.15) is 0 Å². The van der Waals surface area contributed by atoms with E-state index in [1.165, 1.54) is 17.6 Å². The lowest BCUT2D eigenvalue weighted by molar-refractivity contribution is 1.02. The summed E-state index contributed by atoms with van der Waals surface area (Å²) in [5.74, 6) is 0.805. The summed E-state index contributed by atoms with van der Waals surface area (Å²) in [7, 11) is 0. The molecule has 0 heteroatoms. The maximum Gasteiger partial charge on any atom is -0.00680 e. The highest BCUT2D eigenvalue weighted by atomic mass is 14.3. The third-order valence-electron chi connectivity index (χ3n) is 1.79. The van der Waals surface area contributed by atoms with Gasteiger partial charge in [0.15, 0.2) is 0 Å². The third-order valence-corrected chi connectivity index (χ3v) is 1.79. The van der Waals surface area contributed by atoms with Gasteiger partial charge in [0.25, 0.3) is 0 Å². The molecule has 0 aromatic rings. The van der Waals surface area contributed by atoms with E-state index in [0.29, 0.717) is 0 Å². The smallest absolute Gasteiger partial charge is 0.00680 e. The molecule has 1 saturated carbocycles. The lowest BCUT2D eigenvalue weighted by Crippen LogP contribution is -1.66. The second-order valence-electron chi connectivity index (χ2n) is 3.03. The molecule has 1 aliphatic carbocycles. The van der Waals surface area contributed by atoms with E-state index in [1.54, 1.807) is 0 Å². The Morgan fingerprint density at radius 3 is 2.90 bits per heavy atom. The van der Waals surface area contributed by atoms with Crippen LogP contribution in [0.1, 0.15) is 26.7 Å². The van der Waals surface area contributed by atoms with Gasteiger partial charge >= 0.3 is 0 Å². The molecule has 54 valence electrons. The average Bonchev–Trinajstić information content (AvgIpc) is 2.47. The Bertz CT molecular complexity index is 202. The highest BCUT2D eigenvalue weighted by Gasteiger charge is 2.23. The lowest BCUT2D eigenvalue weighted by atomic mass is 10.2. The molecule has 1 unspecified atom stereocenters. The van der Waals surface area contributed by atoms with Crippen molar-refractivity contribution >= 4 is 0 Å². The maximum atomic E-state index is 3.68.